The van der Waals surface area contributed by atoms with E-state index in [0.717, 1.165) is 5.56 Å². The maximum Gasteiger partial charge on any atom is 0.412 e. The fraction of sp³-hybridized carbons (Fsp3) is 0.462. The highest BCUT2D eigenvalue weighted by atomic mass is 19.4. The Hall–Kier alpha value is -2.92. The molecule has 0 N–H and O–H groups in total. The molecule has 0 aromatic heterocycles. The third-order valence-corrected chi connectivity index (χ3v) is 8.16. The lowest BCUT2D eigenvalue weighted by atomic mass is 9.56. The van der Waals surface area contributed by atoms with Gasteiger partial charge in [0.15, 0.2) is 0 Å². The Balaban J connectivity index is 1.62. The van der Waals surface area contributed by atoms with Gasteiger partial charge in [-0.2, -0.15) is 26.3 Å². The molecule has 2 heterocycles. The van der Waals surface area contributed by atoms with Crippen LogP contribution >= 0.6 is 0 Å². The lowest BCUT2D eigenvalue weighted by molar-refractivity contribution is -0.568. The zero-order chi connectivity index (χ0) is 26.6. The van der Waals surface area contributed by atoms with Crippen molar-refractivity contribution in [2.24, 2.45) is 17.3 Å². The molecule has 11 heteroatoms. The van der Waals surface area contributed by atoms with E-state index < -0.39 is 65.3 Å². The summed E-state index contributed by atoms with van der Waals surface area (Å²) in [4.78, 5) is 14.4. The highest BCUT2D eigenvalue weighted by molar-refractivity contribution is 5.36. The minimum Gasteiger partial charge on any atom is -0.298 e. The number of benzene rings is 2. The van der Waals surface area contributed by atoms with Crippen LogP contribution in [0.25, 0.3) is 0 Å². The van der Waals surface area contributed by atoms with Gasteiger partial charge in [0.05, 0.1) is 17.9 Å². The van der Waals surface area contributed by atoms with Gasteiger partial charge in [0, 0.05) is 55.2 Å². The zero-order valence-electron chi connectivity index (χ0n) is 19.7. The molecule has 198 valence electrons. The molecule has 0 radical (unpaired) electrons. The summed E-state index contributed by atoms with van der Waals surface area (Å²) in [5.41, 5.74) is -5.48. The Labute approximate surface area is 209 Å². The number of fused-ring (bicyclic) bond motifs is 3. The van der Waals surface area contributed by atoms with Crippen molar-refractivity contribution in [3.05, 3.63) is 93.6 Å². The first-order chi connectivity index (χ1) is 17.4. The van der Waals surface area contributed by atoms with Crippen LogP contribution in [0.3, 0.4) is 0 Å². The molecule has 5 nitrogen and oxygen atoms in total. The first-order valence-electron chi connectivity index (χ1n) is 11.9. The highest BCUT2D eigenvalue weighted by Crippen LogP contribution is 2.65. The predicted octanol–water partition coefficient (Wildman–Crippen LogP) is 5.32. The average Bonchev–Trinajstić information content (AvgIpc) is 3.38. The fourth-order valence-electron chi connectivity index (χ4n) is 6.69. The molecule has 2 aromatic rings. The topological polar surface area (TPSA) is 49.6 Å². The second kappa shape index (κ2) is 8.83. The maximum absolute atomic E-state index is 15.1. The van der Waals surface area contributed by atoms with Crippen LogP contribution in [-0.4, -0.2) is 58.8 Å². The molecule has 5 rings (SSSR count). The first-order valence-corrected chi connectivity index (χ1v) is 11.9. The van der Waals surface area contributed by atoms with Crippen molar-refractivity contribution < 1.29 is 31.3 Å². The van der Waals surface area contributed by atoms with E-state index in [1.54, 1.807) is 60.7 Å². The van der Waals surface area contributed by atoms with Crippen molar-refractivity contribution in [1.82, 2.24) is 9.80 Å². The number of alkyl halides is 6. The average molecular weight is 525 g/mol. The number of hydrogen-bond acceptors (Lipinski definition) is 4. The van der Waals surface area contributed by atoms with E-state index in [-0.39, 0.29) is 19.6 Å². The maximum atomic E-state index is 15.1. The van der Waals surface area contributed by atoms with Crippen molar-refractivity contribution in [2.45, 2.75) is 31.0 Å². The van der Waals surface area contributed by atoms with Gasteiger partial charge in [-0.25, -0.2) is 0 Å². The summed E-state index contributed by atoms with van der Waals surface area (Å²) in [5.74, 6) is -3.62. The largest absolute Gasteiger partial charge is 0.412 e. The smallest absolute Gasteiger partial charge is 0.298 e. The lowest BCUT2D eigenvalue weighted by Crippen LogP contribution is -2.63. The molecule has 37 heavy (non-hydrogen) atoms. The van der Waals surface area contributed by atoms with Crippen molar-refractivity contribution >= 4 is 0 Å². The molecule has 0 spiro atoms. The van der Waals surface area contributed by atoms with Gasteiger partial charge in [-0.3, -0.25) is 19.9 Å². The van der Waals surface area contributed by atoms with Crippen LogP contribution < -0.4 is 0 Å². The second-order valence-electron chi connectivity index (χ2n) is 10.3. The summed E-state index contributed by atoms with van der Waals surface area (Å²) >= 11 is 0. The number of nitrogens with zero attached hydrogens (tertiary/aromatic N) is 3. The Morgan fingerprint density at radius 1 is 0.838 bits per heavy atom. The van der Waals surface area contributed by atoms with Crippen LogP contribution in [0.5, 0.6) is 0 Å². The number of nitro groups is 1. The van der Waals surface area contributed by atoms with E-state index in [0.29, 0.717) is 11.6 Å². The summed E-state index contributed by atoms with van der Waals surface area (Å²) in [6.07, 6.45) is -9.71. The molecule has 0 bridgehead atoms. The van der Waals surface area contributed by atoms with Crippen molar-refractivity contribution in [2.75, 3.05) is 26.2 Å². The number of likely N-dealkylation sites (tertiary alicyclic amines) is 2. The van der Waals surface area contributed by atoms with Gasteiger partial charge >= 0.3 is 12.4 Å². The third-order valence-electron chi connectivity index (χ3n) is 8.16. The summed E-state index contributed by atoms with van der Waals surface area (Å²) in [7, 11) is 0. The normalized spacial score (nSPS) is 30.6. The molecule has 4 atom stereocenters. The van der Waals surface area contributed by atoms with E-state index in [1.807, 2.05) is 0 Å². The quantitative estimate of drug-likeness (QED) is 0.230. The number of hydrogen-bond donors (Lipinski definition) is 0. The van der Waals surface area contributed by atoms with Gasteiger partial charge in [0.1, 0.15) is 0 Å². The van der Waals surface area contributed by atoms with Gasteiger partial charge < -0.3 is 0 Å². The standard InChI is InChI=1S/C26H25F6N3O2/c27-25(28,29)20-11-23(35(36)37)16-34(13-19-9-5-2-6-10-19)15-22(23)24(26(30,31)32)17-33(14-21(20)24)12-18-7-3-1-4-8-18/h1-11,21-22H,12-17H2/t21-,22-,23-,24+/m1/s1. The van der Waals surface area contributed by atoms with E-state index in [4.69, 9.17) is 0 Å². The molecule has 2 saturated heterocycles. The zero-order valence-corrected chi connectivity index (χ0v) is 19.7. The SMILES string of the molecule is O=[N+]([O-])[C@@]12C=C(C(F)(F)F)[C@H]3CN(Cc4ccccc4)C[C@@]3(C(F)(F)F)[C@@H]1CN(Cc1ccccc1)C2. The number of rotatable bonds is 5. The summed E-state index contributed by atoms with van der Waals surface area (Å²) in [6.45, 7) is -1.94. The monoisotopic (exact) mass is 525 g/mol. The van der Waals surface area contributed by atoms with Crippen molar-refractivity contribution in [1.29, 1.82) is 0 Å². The molecule has 0 amide bonds. The van der Waals surface area contributed by atoms with Crippen LogP contribution in [0.2, 0.25) is 0 Å². The molecule has 2 aliphatic heterocycles. The second-order valence-corrected chi connectivity index (χ2v) is 10.3. The first kappa shape index (κ1) is 25.7. The van der Waals surface area contributed by atoms with Gasteiger partial charge in [-0.15, -0.1) is 0 Å². The van der Waals surface area contributed by atoms with Crippen LogP contribution in [-0.2, 0) is 13.1 Å². The molecule has 0 unspecified atom stereocenters. The van der Waals surface area contributed by atoms with E-state index in [9.17, 15) is 23.3 Å². The summed E-state index contributed by atoms with van der Waals surface area (Å²) < 4.78 is 88.4. The number of halogens is 6. The Bertz CT molecular complexity index is 1190. The molecule has 1 aliphatic carbocycles. The summed E-state index contributed by atoms with van der Waals surface area (Å²) in [6, 6.07) is 17.2. The molecule has 2 aromatic carbocycles. The Kier molecular flexibility index (Phi) is 6.14. The minimum absolute atomic E-state index is 0.0201. The molecular formula is C26H25F6N3O2. The van der Waals surface area contributed by atoms with Gasteiger partial charge in [-0.1, -0.05) is 60.7 Å². The van der Waals surface area contributed by atoms with E-state index in [1.165, 1.54) is 9.80 Å². The fourth-order valence-corrected chi connectivity index (χ4v) is 6.69. The molecule has 0 saturated carbocycles. The highest BCUT2D eigenvalue weighted by Gasteiger charge is 2.79. The predicted molar refractivity (Wildman–Crippen MR) is 123 cm³/mol. The van der Waals surface area contributed by atoms with Gasteiger partial charge in [0.2, 0.25) is 0 Å². The van der Waals surface area contributed by atoms with Gasteiger partial charge in [0.25, 0.3) is 5.54 Å². The molecular weight excluding hydrogens is 500 g/mol. The van der Waals surface area contributed by atoms with E-state index in [2.05, 4.69) is 0 Å². The van der Waals surface area contributed by atoms with Crippen LogP contribution in [0.15, 0.2) is 72.3 Å². The molecule has 2 fully saturated rings. The van der Waals surface area contributed by atoms with Crippen molar-refractivity contribution in [3.63, 3.8) is 0 Å². The van der Waals surface area contributed by atoms with Crippen molar-refractivity contribution in [3.8, 4) is 0 Å². The van der Waals surface area contributed by atoms with Crippen LogP contribution in [0, 0.1) is 27.4 Å². The minimum atomic E-state index is -5.13. The lowest BCUT2D eigenvalue weighted by Gasteiger charge is -2.48. The van der Waals surface area contributed by atoms with Gasteiger partial charge in [-0.05, 0) is 11.1 Å². The Morgan fingerprint density at radius 3 is 1.81 bits per heavy atom. The van der Waals surface area contributed by atoms with E-state index >= 15 is 13.2 Å². The van der Waals surface area contributed by atoms with Crippen LogP contribution in [0.1, 0.15) is 11.1 Å². The summed E-state index contributed by atoms with van der Waals surface area (Å²) in [5, 5.41) is 12.4. The Morgan fingerprint density at radius 2 is 1.35 bits per heavy atom. The molecule has 3 aliphatic rings. The van der Waals surface area contributed by atoms with Crippen LogP contribution in [0.4, 0.5) is 26.3 Å². The third kappa shape index (κ3) is 4.21.